The van der Waals surface area contributed by atoms with E-state index in [2.05, 4.69) is 46.2 Å². The molecule has 0 aliphatic carbocycles. The van der Waals surface area contributed by atoms with Crippen molar-refractivity contribution in [3.8, 4) is 10.6 Å². The fraction of sp³-hybridized carbons (Fsp3) is 0.190. The maximum atomic E-state index is 12.1. The molecule has 1 N–H and O–H groups in total. The number of carbonyl (C=O) groups is 2. The summed E-state index contributed by atoms with van der Waals surface area (Å²) in [7, 11) is 1.33. The molecule has 0 radical (unpaired) electrons. The minimum Gasteiger partial charge on any atom is -0.465 e. The molecule has 0 atom stereocenters. The molecule has 2 aromatic carbocycles. The Kier molecular flexibility index (Phi) is 5.98. The van der Waals surface area contributed by atoms with Crippen LogP contribution in [-0.2, 0) is 16.0 Å². The highest BCUT2D eigenvalue weighted by Crippen LogP contribution is 2.24. The van der Waals surface area contributed by atoms with Gasteiger partial charge in [-0.25, -0.2) is 9.78 Å². The molecule has 0 aliphatic heterocycles. The van der Waals surface area contributed by atoms with Gasteiger partial charge in [-0.15, -0.1) is 11.3 Å². The second-order valence-electron chi connectivity index (χ2n) is 6.13. The fourth-order valence-corrected chi connectivity index (χ4v) is 3.38. The summed E-state index contributed by atoms with van der Waals surface area (Å²) < 4.78 is 4.65. The summed E-state index contributed by atoms with van der Waals surface area (Å²) >= 11 is 1.58. The zero-order valence-corrected chi connectivity index (χ0v) is 16.0. The molecule has 3 rings (SSSR count). The summed E-state index contributed by atoms with van der Waals surface area (Å²) in [5.74, 6) is -0.494. The molecule has 0 unspecified atom stereocenters. The summed E-state index contributed by atoms with van der Waals surface area (Å²) in [4.78, 5) is 28.2. The number of amides is 1. The highest BCUT2D eigenvalue weighted by atomic mass is 32.1. The van der Waals surface area contributed by atoms with Crippen molar-refractivity contribution in [3.63, 3.8) is 0 Å². The van der Waals surface area contributed by atoms with Gasteiger partial charge in [-0.3, -0.25) is 4.79 Å². The Labute approximate surface area is 162 Å². The van der Waals surface area contributed by atoms with Crippen LogP contribution in [0.25, 0.3) is 10.6 Å². The Morgan fingerprint density at radius 2 is 1.78 bits per heavy atom. The first-order valence-electron chi connectivity index (χ1n) is 8.55. The van der Waals surface area contributed by atoms with Crippen molar-refractivity contribution < 1.29 is 14.3 Å². The Balaban J connectivity index is 1.53. The summed E-state index contributed by atoms with van der Waals surface area (Å²) in [6.07, 6.45) is 0.921. The summed E-state index contributed by atoms with van der Waals surface area (Å²) in [5.41, 5.74) is 4.30. The number of hydrogen-bond donors (Lipinski definition) is 1. The van der Waals surface area contributed by atoms with Gasteiger partial charge in [-0.1, -0.05) is 29.8 Å². The lowest BCUT2D eigenvalue weighted by Gasteiger charge is -2.05. The third-order valence-corrected chi connectivity index (χ3v) is 4.99. The van der Waals surface area contributed by atoms with E-state index in [1.165, 1.54) is 12.7 Å². The number of hydrogen-bond acceptors (Lipinski definition) is 5. The number of esters is 1. The minimum atomic E-state index is -0.402. The molecule has 0 aliphatic rings. The van der Waals surface area contributed by atoms with Crippen LogP contribution in [0.4, 0.5) is 5.69 Å². The number of rotatable bonds is 6. The summed E-state index contributed by atoms with van der Waals surface area (Å²) in [6.45, 7) is 2.05. The zero-order chi connectivity index (χ0) is 19.2. The number of anilines is 1. The highest BCUT2D eigenvalue weighted by Gasteiger charge is 2.09. The monoisotopic (exact) mass is 380 g/mol. The molecule has 0 saturated heterocycles. The first kappa shape index (κ1) is 18.8. The van der Waals surface area contributed by atoms with Crippen LogP contribution in [-0.4, -0.2) is 24.0 Å². The molecule has 6 heteroatoms. The molecule has 0 saturated carbocycles. The van der Waals surface area contributed by atoms with E-state index in [0.29, 0.717) is 24.1 Å². The van der Waals surface area contributed by atoms with Gasteiger partial charge in [-0.05, 0) is 37.6 Å². The van der Waals surface area contributed by atoms with Crippen LogP contribution in [0.3, 0.4) is 0 Å². The van der Waals surface area contributed by atoms with Crippen molar-refractivity contribution in [2.75, 3.05) is 12.4 Å². The summed E-state index contributed by atoms with van der Waals surface area (Å²) in [5, 5.41) is 5.78. The lowest BCUT2D eigenvalue weighted by molar-refractivity contribution is -0.116. The average Bonchev–Trinajstić information content (AvgIpc) is 3.16. The van der Waals surface area contributed by atoms with Gasteiger partial charge in [0.25, 0.3) is 0 Å². The molecule has 0 spiro atoms. The SMILES string of the molecule is COC(=O)c1ccc(NC(=O)CCc2csc(-c3ccc(C)cc3)n2)cc1. The van der Waals surface area contributed by atoms with E-state index in [1.807, 2.05) is 5.38 Å². The molecule has 1 aromatic heterocycles. The molecule has 3 aromatic rings. The number of thiazole rings is 1. The third-order valence-electron chi connectivity index (χ3n) is 4.05. The maximum Gasteiger partial charge on any atom is 0.337 e. The maximum absolute atomic E-state index is 12.1. The third kappa shape index (κ3) is 5.01. The van der Waals surface area contributed by atoms with Crippen LogP contribution in [0.5, 0.6) is 0 Å². The molecule has 1 heterocycles. The molecular weight excluding hydrogens is 360 g/mol. The van der Waals surface area contributed by atoms with E-state index in [1.54, 1.807) is 35.6 Å². The van der Waals surface area contributed by atoms with Crippen LogP contribution < -0.4 is 5.32 Å². The van der Waals surface area contributed by atoms with Gasteiger partial charge in [0.2, 0.25) is 5.91 Å². The van der Waals surface area contributed by atoms with Crippen LogP contribution in [0.2, 0.25) is 0 Å². The fourth-order valence-electron chi connectivity index (χ4n) is 2.52. The van der Waals surface area contributed by atoms with E-state index in [-0.39, 0.29) is 5.91 Å². The van der Waals surface area contributed by atoms with Crippen LogP contribution in [0.15, 0.2) is 53.9 Å². The van der Waals surface area contributed by atoms with Gasteiger partial charge in [-0.2, -0.15) is 0 Å². The van der Waals surface area contributed by atoms with E-state index in [4.69, 9.17) is 0 Å². The zero-order valence-electron chi connectivity index (χ0n) is 15.2. The Morgan fingerprint density at radius 1 is 1.07 bits per heavy atom. The molecule has 1 amide bonds. The topological polar surface area (TPSA) is 68.3 Å². The second-order valence-corrected chi connectivity index (χ2v) is 6.99. The van der Waals surface area contributed by atoms with Crippen LogP contribution in [0, 0.1) is 6.92 Å². The van der Waals surface area contributed by atoms with Gasteiger partial charge >= 0.3 is 5.97 Å². The van der Waals surface area contributed by atoms with Crippen molar-refractivity contribution >= 4 is 28.9 Å². The van der Waals surface area contributed by atoms with E-state index in [9.17, 15) is 9.59 Å². The summed E-state index contributed by atoms with van der Waals surface area (Å²) in [6, 6.07) is 14.9. The Bertz CT molecular complexity index is 931. The predicted molar refractivity (Wildman–Crippen MR) is 107 cm³/mol. The lowest BCUT2D eigenvalue weighted by atomic mass is 10.1. The molecular formula is C21H20N2O3S. The van der Waals surface area contributed by atoms with E-state index in [0.717, 1.165) is 16.3 Å². The van der Waals surface area contributed by atoms with Crippen molar-refractivity contribution in [1.82, 2.24) is 4.98 Å². The number of carbonyl (C=O) groups excluding carboxylic acids is 2. The van der Waals surface area contributed by atoms with Crippen molar-refractivity contribution in [2.45, 2.75) is 19.8 Å². The van der Waals surface area contributed by atoms with Gasteiger partial charge in [0, 0.05) is 23.1 Å². The first-order valence-corrected chi connectivity index (χ1v) is 9.43. The molecule has 5 nitrogen and oxygen atoms in total. The lowest BCUT2D eigenvalue weighted by Crippen LogP contribution is -2.12. The second kappa shape index (κ2) is 8.60. The number of aromatic nitrogens is 1. The van der Waals surface area contributed by atoms with E-state index >= 15 is 0 Å². The average molecular weight is 380 g/mol. The van der Waals surface area contributed by atoms with Gasteiger partial charge in [0.1, 0.15) is 5.01 Å². The molecule has 27 heavy (non-hydrogen) atoms. The van der Waals surface area contributed by atoms with Crippen molar-refractivity contribution in [2.24, 2.45) is 0 Å². The number of nitrogens with zero attached hydrogens (tertiary/aromatic N) is 1. The number of benzene rings is 2. The van der Waals surface area contributed by atoms with Crippen LogP contribution in [0.1, 0.15) is 28.0 Å². The van der Waals surface area contributed by atoms with Gasteiger partial charge in [0.15, 0.2) is 0 Å². The normalized spacial score (nSPS) is 10.4. The van der Waals surface area contributed by atoms with Crippen LogP contribution >= 0.6 is 11.3 Å². The van der Waals surface area contributed by atoms with Crippen molar-refractivity contribution in [3.05, 3.63) is 70.7 Å². The van der Waals surface area contributed by atoms with E-state index < -0.39 is 5.97 Å². The molecule has 138 valence electrons. The molecule has 0 bridgehead atoms. The number of methoxy groups -OCH3 is 1. The number of ether oxygens (including phenoxy) is 1. The highest BCUT2D eigenvalue weighted by molar-refractivity contribution is 7.13. The largest absolute Gasteiger partial charge is 0.465 e. The first-order chi connectivity index (χ1) is 13.0. The Morgan fingerprint density at radius 3 is 2.44 bits per heavy atom. The minimum absolute atomic E-state index is 0.0919. The smallest absolute Gasteiger partial charge is 0.337 e. The Hall–Kier alpha value is -2.99. The molecule has 0 fully saturated rings. The quantitative estimate of drug-likeness (QED) is 0.641. The number of nitrogens with one attached hydrogen (secondary N) is 1. The van der Waals surface area contributed by atoms with Gasteiger partial charge < -0.3 is 10.1 Å². The number of aryl methyl sites for hydroxylation is 2. The standard InChI is InChI=1S/C21H20N2O3S/c1-14-3-5-15(6-4-14)20-23-18(13-27-20)11-12-19(24)22-17-9-7-16(8-10-17)21(25)26-2/h3-10,13H,11-12H2,1-2H3,(H,22,24). The van der Waals surface area contributed by atoms with Crippen molar-refractivity contribution in [1.29, 1.82) is 0 Å². The van der Waals surface area contributed by atoms with Gasteiger partial charge in [0.05, 0.1) is 18.4 Å². The predicted octanol–water partition coefficient (Wildman–Crippen LogP) is 4.48.